The van der Waals surface area contributed by atoms with Crippen molar-refractivity contribution >= 4 is 5.91 Å². The van der Waals surface area contributed by atoms with E-state index >= 15 is 0 Å². The molecular formula is C11H19NO. The molecule has 1 amide bonds. The smallest absolute Gasteiger partial charge is 0.222 e. The van der Waals surface area contributed by atoms with Crippen LogP contribution in [0.4, 0.5) is 0 Å². The predicted molar refractivity (Wildman–Crippen MR) is 52.4 cm³/mol. The van der Waals surface area contributed by atoms with Crippen LogP contribution in [0.2, 0.25) is 0 Å². The molecule has 2 rings (SSSR count). The fourth-order valence-electron chi connectivity index (χ4n) is 2.97. The standard InChI is InChI=1S/C11H19NO/c1-2-11(13)12-8-4-6-9-5-3-7-10(9)12/h9-10H,2-8H2,1H3. The first-order valence-corrected chi connectivity index (χ1v) is 5.62. The minimum absolute atomic E-state index is 0.372. The van der Waals surface area contributed by atoms with Crippen LogP contribution in [-0.4, -0.2) is 23.4 Å². The van der Waals surface area contributed by atoms with E-state index in [0.29, 0.717) is 18.4 Å². The number of amides is 1. The Morgan fingerprint density at radius 3 is 2.85 bits per heavy atom. The highest BCUT2D eigenvalue weighted by atomic mass is 16.2. The Hall–Kier alpha value is -0.530. The number of hydrogen-bond acceptors (Lipinski definition) is 1. The normalized spacial score (nSPS) is 33.2. The molecule has 74 valence electrons. The Kier molecular flexibility index (Phi) is 2.56. The minimum atomic E-state index is 0.372. The lowest BCUT2D eigenvalue weighted by Gasteiger charge is -2.37. The molecule has 0 spiro atoms. The van der Waals surface area contributed by atoms with Crippen LogP contribution >= 0.6 is 0 Å². The second-order valence-corrected chi connectivity index (χ2v) is 4.34. The van der Waals surface area contributed by atoms with Gasteiger partial charge in [0.15, 0.2) is 0 Å². The Morgan fingerprint density at radius 1 is 1.31 bits per heavy atom. The molecule has 2 heteroatoms. The maximum atomic E-state index is 11.6. The van der Waals surface area contributed by atoms with Crippen molar-refractivity contribution in [3.63, 3.8) is 0 Å². The zero-order chi connectivity index (χ0) is 9.26. The highest BCUT2D eigenvalue weighted by Crippen LogP contribution is 2.36. The van der Waals surface area contributed by atoms with Gasteiger partial charge in [0.05, 0.1) is 0 Å². The molecule has 2 aliphatic rings. The summed E-state index contributed by atoms with van der Waals surface area (Å²) in [5, 5.41) is 0. The second-order valence-electron chi connectivity index (χ2n) is 4.34. The lowest BCUT2D eigenvalue weighted by Crippen LogP contribution is -2.45. The zero-order valence-corrected chi connectivity index (χ0v) is 8.46. The number of fused-ring (bicyclic) bond motifs is 1. The average molecular weight is 181 g/mol. The van der Waals surface area contributed by atoms with E-state index in [1.807, 2.05) is 6.92 Å². The number of nitrogens with zero attached hydrogens (tertiary/aromatic N) is 1. The van der Waals surface area contributed by atoms with E-state index in [1.165, 1.54) is 32.1 Å². The van der Waals surface area contributed by atoms with E-state index < -0.39 is 0 Å². The molecule has 2 fully saturated rings. The number of likely N-dealkylation sites (tertiary alicyclic amines) is 1. The van der Waals surface area contributed by atoms with Crippen molar-refractivity contribution < 1.29 is 4.79 Å². The molecule has 1 saturated carbocycles. The molecule has 0 aromatic heterocycles. The molecule has 1 heterocycles. The van der Waals surface area contributed by atoms with Crippen molar-refractivity contribution in [3.05, 3.63) is 0 Å². The molecule has 1 aliphatic heterocycles. The van der Waals surface area contributed by atoms with Gasteiger partial charge < -0.3 is 4.90 Å². The summed E-state index contributed by atoms with van der Waals surface area (Å²) in [6.45, 7) is 2.99. The molecule has 0 N–H and O–H groups in total. The van der Waals surface area contributed by atoms with Crippen molar-refractivity contribution in [2.45, 2.75) is 51.5 Å². The second kappa shape index (κ2) is 3.69. The van der Waals surface area contributed by atoms with Gasteiger partial charge in [-0.25, -0.2) is 0 Å². The van der Waals surface area contributed by atoms with Gasteiger partial charge in [0.2, 0.25) is 5.91 Å². The molecule has 0 aromatic carbocycles. The zero-order valence-electron chi connectivity index (χ0n) is 8.46. The van der Waals surface area contributed by atoms with Crippen LogP contribution in [0, 0.1) is 5.92 Å². The highest BCUT2D eigenvalue weighted by molar-refractivity contribution is 5.76. The third-order valence-electron chi connectivity index (χ3n) is 3.62. The van der Waals surface area contributed by atoms with E-state index in [-0.39, 0.29) is 0 Å². The monoisotopic (exact) mass is 181 g/mol. The third-order valence-corrected chi connectivity index (χ3v) is 3.62. The topological polar surface area (TPSA) is 20.3 Å². The summed E-state index contributed by atoms with van der Waals surface area (Å²) >= 11 is 0. The summed E-state index contributed by atoms with van der Waals surface area (Å²) in [5.41, 5.74) is 0. The number of hydrogen-bond donors (Lipinski definition) is 0. The van der Waals surface area contributed by atoms with Gasteiger partial charge in [0.25, 0.3) is 0 Å². The van der Waals surface area contributed by atoms with Crippen molar-refractivity contribution in [1.29, 1.82) is 0 Å². The van der Waals surface area contributed by atoms with Gasteiger partial charge in [-0.05, 0) is 31.6 Å². The largest absolute Gasteiger partial charge is 0.339 e. The first-order chi connectivity index (χ1) is 6.33. The van der Waals surface area contributed by atoms with Crippen LogP contribution in [0.3, 0.4) is 0 Å². The summed E-state index contributed by atoms with van der Waals surface area (Å²) in [4.78, 5) is 13.8. The first-order valence-electron chi connectivity index (χ1n) is 5.62. The summed E-state index contributed by atoms with van der Waals surface area (Å²) in [6.07, 6.45) is 7.23. The van der Waals surface area contributed by atoms with E-state index in [9.17, 15) is 4.79 Å². The van der Waals surface area contributed by atoms with Crippen LogP contribution in [0.25, 0.3) is 0 Å². The van der Waals surface area contributed by atoms with Crippen LogP contribution in [0.5, 0.6) is 0 Å². The number of rotatable bonds is 1. The Bertz CT molecular complexity index is 202. The maximum absolute atomic E-state index is 11.6. The molecule has 1 aliphatic carbocycles. The van der Waals surface area contributed by atoms with Crippen LogP contribution < -0.4 is 0 Å². The number of carbonyl (C=O) groups is 1. The third kappa shape index (κ3) is 1.59. The summed E-state index contributed by atoms with van der Waals surface area (Å²) in [7, 11) is 0. The minimum Gasteiger partial charge on any atom is -0.339 e. The average Bonchev–Trinajstić information content (AvgIpc) is 2.63. The van der Waals surface area contributed by atoms with Crippen LogP contribution in [0.1, 0.15) is 45.4 Å². The molecule has 1 saturated heterocycles. The first kappa shape index (κ1) is 9.04. The molecule has 2 atom stereocenters. The van der Waals surface area contributed by atoms with Crippen molar-refractivity contribution in [1.82, 2.24) is 4.90 Å². The predicted octanol–water partition coefficient (Wildman–Crippen LogP) is 2.19. The van der Waals surface area contributed by atoms with Crippen molar-refractivity contribution in [2.24, 2.45) is 5.92 Å². The molecule has 0 radical (unpaired) electrons. The fourth-order valence-corrected chi connectivity index (χ4v) is 2.97. The van der Waals surface area contributed by atoms with Gasteiger partial charge >= 0.3 is 0 Å². The van der Waals surface area contributed by atoms with Crippen LogP contribution in [0.15, 0.2) is 0 Å². The summed E-state index contributed by atoms with van der Waals surface area (Å²) in [5.74, 6) is 1.21. The fraction of sp³-hybridized carbons (Fsp3) is 0.909. The molecule has 0 aromatic rings. The summed E-state index contributed by atoms with van der Waals surface area (Å²) in [6, 6.07) is 0.612. The SMILES string of the molecule is CCC(=O)N1CCCC2CCCC21. The van der Waals surface area contributed by atoms with E-state index in [4.69, 9.17) is 0 Å². The van der Waals surface area contributed by atoms with Gasteiger partial charge in [-0.1, -0.05) is 13.3 Å². The Labute approximate surface area is 80.3 Å². The Morgan fingerprint density at radius 2 is 2.08 bits per heavy atom. The number of carbonyl (C=O) groups excluding carboxylic acids is 1. The lowest BCUT2D eigenvalue weighted by atomic mass is 9.92. The molecule has 2 nitrogen and oxygen atoms in total. The van der Waals surface area contributed by atoms with Crippen LogP contribution in [-0.2, 0) is 4.79 Å². The quantitative estimate of drug-likeness (QED) is 0.607. The number of piperidine rings is 1. The van der Waals surface area contributed by atoms with Crippen molar-refractivity contribution in [3.8, 4) is 0 Å². The lowest BCUT2D eigenvalue weighted by molar-refractivity contribution is -0.135. The summed E-state index contributed by atoms with van der Waals surface area (Å²) < 4.78 is 0. The van der Waals surface area contributed by atoms with Crippen molar-refractivity contribution in [2.75, 3.05) is 6.54 Å². The molecular weight excluding hydrogens is 162 g/mol. The maximum Gasteiger partial charge on any atom is 0.222 e. The van der Waals surface area contributed by atoms with Gasteiger partial charge in [0, 0.05) is 19.0 Å². The molecule has 13 heavy (non-hydrogen) atoms. The highest BCUT2D eigenvalue weighted by Gasteiger charge is 2.36. The van der Waals surface area contributed by atoms with E-state index in [2.05, 4.69) is 4.90 Å². The molecule has 2 unspecified atom stereocenters. The van der Waals surface area contributed by atoms with Gasteiger partial charge in [0.1, 0.15) is 0 Å². The molecule has 0 bridgehead atoms. The van der Waals surface area contributed by atoms with Gasteiger partial charge in [-0.2, -0.15) is 0 Å². The van der Waals surface area contributed by atoms with E-state index in [0.717, 1.165) is 12.5 Å². The Balaban J connectivity index is 2.05. The van der Waals surface area contributed by atoms with E-state index in [1.54, 1.807) is 0 Å². The van der Waals surface area contributed by atoms with Gasteiger partial charge in [-0.3, -0.25) is 4.79 Å². The van der Waals surface area contributed by atoms with Gasteiger partial charge in [-0.15, -0.1) is 0 Å².